The van der Waals surface area contributed by atoms with E-state index < -0.39 is 10.0 Å². The molecular formula is C12H20N2O2S2. The second-order valence-corrected chi connectivity index (χ2v) is 7.69. The van der Waals surface area contributed by atoms with Crippen molar-refractivity contribution in [1.82, 2.24) is 10.0 Å². The summed E-state index contributed by atoms with van der Waals surface area (Å²) in [6.07, 6.45) is 4.78. The van der Waals surface area contributed by atoms with Crippen LogP contribution in [0.3, 0.4) is 0 Å². The molecule has 0 radical (unpaired) electrons. The summed E-state index contributed by atoms with van der Waals surface area (Å²) in [7, 11) is -1.45. The van der Waals surface area contributed by atoms with Crippen LogP contribution in [-0.4, -0.2) is 22.0 Å². The second kappa shape index (κ2) is 6.14. The van der Waals surface area contributed by atoms with Gasteiger partial charge in [-0.25, -0.2) is 13.1 Å². The van der Waals surface area contributed by atoms with Crippen molar-refractivity contribution in [3.8, 4) is 0 Å². The Kier molecular flexibility index (Phi) is 4.77. The Morgan fingerprint density at radius 2 is 2.22 bits per heavy atom. The van der Waals surface area contributed by atoms with Crippen LogP contribution >= 0.6 is 11.3 Å². The lowest BCUT2D eigenvalue weighted by Crippen LogP contribution is -2.27. The molecule has 18 heavy (non-hydrogen) atoms. The molecule has 6 heteroatoms. The lowest BCUT2D eigenvalue weighted by Gasteiger charge is -2.24. The molecule has 1 saturated carbocycles. The molecule has 1 aromatic rings. The van der Waals surface area contributed by atoms with Gasteiger partial charge in [-0.2, -0.15) is 0 Å². The van der Waals surface area contributed by atoms with Crippen LogP contribution in [-0.2, 0) is 16.6 Å². The van der Waals surface area contributed by atoms with E-state index in [1.807, 2.05) is 12.4 Å². The molecule has 0 atom stereocenters. The first-order valence-electron chi connectivity index (χ1n) is 6.33. The summed E-state index contributed by atoms with van der Waals surface area (Å²) >= 11 is 1.28. The molecule has 0 aliphatic heterocycles. The van der Waals surface area contributed by atoms with Gasteiger partial charge in [0.25, 0.3) is 0 Å². The van der Waals surface area contributed by atoms with Crippen molar-refractivity contribution in [3.05, 3.63) is 17.0 Å². The third-order valence-electron chi connectivity index (χ3n) is 3.34. The number of hydrogen-bond donors (Lipinski definition) is 2. The highest BCUT2D eigenvalue weighted by Crippen LogP contribution is 2.29. The molecule has 102 valence electrons. The number of hydrogen-bond acceptors (Lipinski definition) is 4. The average molecular weight is 288 g/mol. The van der Waals surface area contributed by atoms with Gasteiger partial charge in [-0.15, -0.1) is 11.3 Å². The van der Waals surface area contributed by atoms with Gasteiger partial charge in [0, 0.05) is 13.1 Å². The van der Waals surface area contributed by atoms with E-state index in [0.29, 0.717) is 17.3 Å². The minimum atomic E-state index is -3.30. The van der Waals surface area contributed by atoms with Crippen molar-refractivity contribution in [1.29, 1.82) is 0 Å². The summed E-state index contributed by atoms with van der Waals surface area (Å²) in [5.74, 6) is 0.732. The van der Waals surface area contributed by atoms with E-state index in [9.17, 15) is 8.42 Å². The monoisotopic (exact) mass is 288 g/mol. The van der Waals surface area contributed by atoms with Crippen molar-refractivity contribution in [2.75, 3.05) is 13.6 Å². The Morgan fingerprint density at radius 1 is 1.44 bits per heavy atom. The summed E-state index contributed by atoms with van der Waals surface area (Å²) in [5.41, 5.74) is 1.02. The zero-order valence-electron chi connectivity index (χ0n) is 10.6. The van der Waals surface area contributed by atoms with Crippen molar-refractivity contribution >= 4 is 21.4 Å². The molecule has 0 spiro atoms. The summed E-state index contributed by atoms with van der Waals surface area (Å²) in [6.45, 7) is 1.26. The molecule has 1 aliphatic carbocycles. The van der Waals surface area contributed by atoms with Gasteiger partial charge >= 0.3 is 0 Å². The Labute approximate surface area is 113 Å². The third kappa shape index (κ3) is 3.54. The van der Waals surface area contributed by atoms with Crippen molar-refractivity contribution in [2.24, 2.45) is 5.92 Å². The summed E-state index contributed by atoms with van der Waals surface area (Å²) < 4.78 is 27.1. The molecule has 2 N–H and O–H groups in total. The Hall–Kier alpha value is -0.430. The quantitative estimate of drug-likeness (QED) is 0.806. The van der Waals surface area contributed by atoms with Gasteiger partial charge in [0.2, 0.25) is 10.0 Å². The average Bonchev–Trinajstić information content (AvgIpc) is 2.72. The van der Waals surface area contributed by atoms with E-state index in [0.717, 1.165) is 17.9 Å². The maximum Gasteiger partial charge on any atom is 0.250 e. The molecule has 0 bridgehead atoms. The van der Waals surface area contributed by atoms with Crippen LogP contribution in [0.5, 0.6) is 0 Å². The predicted molar refractivity (Wildman–Crippen MR) is 74.2 cm³/mol. The molecule has 0 amide bonds. The first kappa shape index (κ1) is 14.0. The van der Waals surface area contributed by atoms with Crippen LogP contribution < -0.4 is 10.0 Å². The predicted octanol–water partition coefficient (Wildman–Crippen LogP) is 1.94. The first-order valence-corrected chi connectivity index (χ1v) is 8.70. The summed E-state index contributed by atoms with van der Waals surface area (Å²) in [6, 6.07) is 1.74. The first-order chi connectivity index (χ1) is 8.62. The molecule has 1 fully saturated rings. The number of nitrogens with one attached hydrogen (secondary N) is 2. The molecule has 2 rings (SSSR count). The lowest BCUT2D eigenvalue weighted by molar-refractivity contribution is 0.297. The molecule has 0 aromatic carbocycles. The van der Waals surface area contributed by atoms with Crippen LogP contribution in [0.25, 0.3) is 0 Å². The van der Waals surface area contributed by atoms with Crippen LogP contribution in [0.2, 0.25) is 0 Å². The largest absolute Gasteiger partial charge is 0.316 e. The van der Waals surface area contributed by atoms with Crippen molar-refractivity contribution < 1.29 is 8.42 Å². The van der Waals surface area contributed by atoms with E-state index in [-0.39, 0.29) is 0 Å². The maximum atomic E-state index is 12.0. The molecule has 4 nitrogen and oxygen atoms in total. The van der Waals surface area contributed by atoms with Crippen LogP contribution in [0, 0.1) is 5.92 Å². The molecular weight excluding hydrogens is 268 g/mol. The molecule has 1 heterocycles. The Bertz CT molecular complexity index is 478. The van der Waals surface area contributed by atoms with E-state index in [1.54, 1.807) is 6.07 Å². The van der Waals surface area contributed by atoms with E-state index >= 15 is 0 Å². The van der Waals surface area contributed by atoms with Gasteiger partial charge in [-0.05, 0) is 36.4 Å². The van der Waals surface area contributed by atoms with Gasteiger partial charge in [-0.3, -0.25) is 0 Å². The minimum absolute atomic E-state index is 0.418. The maximum absolute atomic E-state index is 12.0. The Morgan fingerprint density at radius 3 is 2.83 bits per heavy atom. The number of sulfonamides is 1. The zero-order valence-corrected chi connectivity index (χ0v) is 12.2. The highest BCUT2D eigenvalue weighted by atomic mass is 32.2. The molecule has 0 saturated heterocycles. The van der Waals surface area contributed by atoms with Gasteiger partial charge in [0.15, 0.2) is 0 Å². The smallest absolute Gasteiger partial charge is 0.250 e. The fourth-order valence-electron chi connectivity index (χ4n) is 2.04. The highest BCUT2D eigenvalue weighted by Gasteiger charge is 2.20. The van der Waals surface area contributed by atoms with Crippen molar-refractivity contribution in [2.45, 2.75) is 36.4 Å². The Balaban J connectivity index is 1.87. The van der Waals surface area contributed by atoms with E-state index in [1.165, 1.54) is 30.6 Å². The summed E-state index contributed by atoms with van der Waals surface area (Å²) in [4.78, 5) is 0. The second-order valence-electron chi connectivity index (χ2n) is 4.79. The fraction of sp³-hybridized carbons (Fsp3) is 0.667. The lowest BCUT2D eigenvalue weighted by atomic mass is 9.83. The van der Waals surface area contributed by atoms with E-state index in [2.05, 4.69) is 10.0 Å². The third-order valence-corrected chi connectivity index (χ3v) is 6.29. The van der Waals surface area contributed by atoms with Crippen LogP contribution in [0.4, 0.5) is 0 Å². The van der Waals surface area contributed by atoms with Gasteiger partial charge < -0.3 is 5.32 Å². The highest BCUT2D eigenvalue weighted by molar-refractivity contribution is 7.91. The normalized spacial score (nSPS) is 16.7. The standard InChI is InChI=1S/C12H20N2O2S2/c1-13-8-11-7-12(17-9-11)18(15,16)14-6-5-10-3-2-4-10/h7,9-10,13-14H,2-6,8H2,1H3. The van der Waals surface area contributed by atoms with Crippen LogP contribution in [0.15, 0.2) is 15.7 Å². The molecule has 1 aromatic heterocycles. The fourth-order valence-corrected chi connectivity index (χ4v) is 4.34. The minimum Gasteiger partial charge on any atom is -0.316 e. The number of thiophene rings is 1. The van der Waals surface area contributed by atoms with Gasteiger partial charge in [-0.1, -0.05) is 19.3 Å². The van der Waals surface area contributed by atoms with Gasteiger partial charge in [0.1, 0.15) is 4.21 Å². The van der Waals surface area contributed by atoms with E-state index in [4.69, 9.17) is 0 Å². The SMILES string of the molecule is CNCc1csc(S(=O)(=O)NCCC2CCC2)c1. The molecule has 0 unspecified atom stereocenters. The van der Waals surface area contributed by atoms with Crippen LogP contribution in [0.1, 0.15) is 31.2 Å². The number of rotatable bonds is 7. The summed E-state index contributed by atoms with van der Waals surface area (Å²) in [5, 5.41) is 4.90. The van der Waals surface area contributed by atoms with Crippen molar-refractivity contribution in [3.63, 3.8) is 0 Å². The topological polar surface area (TPSA) is 58.2 Å². The molecule has 1 aliphatic rings. The van der Waals surface area contributed by atoms with Gasteiger partial charge in [0.05, 0.1) is 0 Å². The zero-order chi connectivity index (χ0) is 13.0.